The van der Waals surface area contributed by atoms with Crippen molar-refractivity contribution < 1.29 is 18.7 Å². The van der Waals surface area contributed by atoms with E-state index in [1.807, 2.05) is 66.7 Å². The van der Waals surface area contributed by atoms with Gasteiger partial charge >= 0.3 is 5.97 Å². The molecule has 5 nitrogen and oxygen atoms in total. The number of halogens is 2. The van der Waals surface area contributed by atoms with Gasteiger partial charge < -0.3 is 5.11 Å². The van der Waals surface area contributed by atoms with Gasteiger partial charge in [0, 0.05) is 11.1 Å². The lowest BCUT2D eigenvalue weighted by atomic mass is 9.80. The first-order chi connectivity index (χ1) is 17.9. The third-order valence-corrected chi connectivity index (χ3v) is 6.44. The van der Waals surface area contributed by atoms with Crippen LogP contribution in [-0.4, -0.2) is 32.8 Å². The Labute approximate surface area is 212 Å². The van der Waals surface area contributed by atoms with Gasteiger partial charge in [0.2, 0.25) is 0 Å². The van der Waals surface area contributed by atoms with Crippen molar-refractivity contribution in [3.63, 3.8) is 0 Å². The second kappa shape index (κ2) is 10.2. The van der Waals surface area contributed by atoms with Crippen LogP contribution < -0.4 is 0 Å². The second-order valence-electron chi connectivity index (χ2n) is 9.02. The van der Waals surface area contributed by atoms with E-state index in [4.69, 9.17) is 4.99 Å². The zero-order chi connectivity index (χ0) is 25.8. The van der Waals surface area contributed by atoms with Crippen molar-refractivity contribution in [1.29, 1.82) is 0 Å². The lowest BCUT2D eigenvalue weighted by molar-refractivity contribution is -0.146. The summed E-state index contributed by atoms with van der Waals surface area (Å²) in [5, 5.41) is 10.2. The van der Waals surface area contributed by atoms with E-state index in [0.29, 0.717) is 5.56 Å². The van der Waals surface area contributed by atoms with Crippen molar-refractivity contribution in [2.75, 3.05) is 0 Å². The maximum Gasteiger partial charge on any atom is 0.313 e. The molecule has 1 N–H and O–H groups in total. The van der Waals surface area contributed by atoms with Gasteiger partial charge in [-0.25, -0.2) is 18.7 Å². The molecule has 0 saturated carbocycles. The van der Waals surface area contributed by atoms with Crippen LogP contribution in [0.4, 0.5) is 8.78 Å². The highest BCUT2D eigenvalue weighted by atomic mass is 19.1. The number of rotatable bonds is 7. The predicted molar refractivity (Wildman–Crippen MR) is 137 cm³/mol. The molecule has 2 atom stereocenters. The number of carboxylic acids is 1. The Morgan fingerprint density at radius 3 is 2.16 bits per heavy atom. The Balaban J connectivity index is 1.45. The Morgan fingerprint density at radius 2 is 1.57 bits per heavy atom. The number of aromatic nitrogens is 2. The Hall–Kier alpha value is -4.52. The predicted octanol–water partition coefficient (Wildman–Crippen LogP) is 5.90. The monoisotopic (exact) mass is 495 g/mol. The number of aliphatic imine (C=N–C) groups is 1. The third kappa shape index (κ3) is 5.21. The highest BCUT2D eigenvalue weighted by Crippen LogP contribution is 2.38. The van der Waals surface area contributed by atoms with Gasteiger partial charge in [-0.2, -0.15) is 0 Å². The minimum atomic E-state index is -1.22. The maximum atomic E-state index is 14.5. The number of nitrogens with zero attached hydrogens (tertiary/aromatic N) is 3. The number of aliphatic carboxylic acids is 1. The molecular formula is C30H23F2N3O2. The molecule has 0 bridgehead atoms. The van der Waals surface area contributed by atoms with Crippen molar-refractivity contribution >= 4 is 11.7 Å². The summed E-state index contributed by atoms with van der Waals surface area (Å²) < 4.78 is 27.8. The largest absolute Gasteiger partial charge is 0.481 e. The molecule has 0 fully saturated rings. The molecular weight excluding hydrogens is 472 g/mol. The first kappa shape index (κ1) is 24.2. The van der Waals surface area contributed by atoms with Gasteiger partial charge in [-0.3, -0.25) is 9.79 Å². The van der Waals surface area contributed by atoms with Crippen LogP contribution in [0.25, 0.3) is 11.4 Å². The smallest absolute Gasteiger partial charge is 0.313 e. The molecule has 0 radical (unpaired) electrons. The second-order valence-corrected chi connectivity index (χ2v) is 9.02. The van der Waals surface area contributed by atoms with Crippen molar-refractivity contribution in [3.05, 3.63) is 132 Å². The van der Waals surface area contributed by atoms with E-state index in [9.17, 15) is 18.7 Å². The summed E-state index contributed by atoms with van der Waals surface area (Å²) in [7, 11) is 0. The summed E-state index contributed by atoms with van der Waals surface area (Å²) in [6.45, 7) is 0. The van der Waals surface area contributed by atoms with Gasteiger partial charge in [-0.15, -0.1) is 0 Å². The summed E-state index contributed by atoms with van der Waals surface area (Å²) in [5.41, 5.74) is 2.15. The van der Waals surface area contributed by atoms with Gasteiger partial charge in [-0.05, 0) is 30.5 Å². The molecule has 1 aliphatic rings. The van der Waals surface area contributed by atoms with E-state index in [1.165, 1.54) is 12.1 Å². The fourth-order valence-electron chi connectivity index (χ4n) is 4.60. The van der Waals surface area contributed by atoms with E-state index in [-0.39, 0.29) is 30.3 Å². The SMILES string of the molecule is O=C(O)[C@@]1(Cc2ccc(F)c(-c3ncc(F)cn3)c2)C=C[C@H](N=C(c2ccccc2)c2ccccc2)C1. The standard InChI is InChI=1S/C30H23F2N3O2/c31-23-18-33-28(34-19-23)25-15-20(11-12-26(25)32)16-30(29(36)37)14-13-24(17-30)35-27(21-7-3-1-4-8-21)22-9-5-2-6-10-22/h1-15,18-19,24H,16-17H2,(H,36,37)/t24-,30+/m0/s1. The zero-order valence-electron chi connectivity index (χ0n) is 19.8. The summed E-state index contributed by atoms with van der Waals surface area (Å²) >= 11 is 0. The third-order valence-electron chi connectivity index (χ3n) is 6.44. The normalized spacial score (nSPS) is 18.5. The number of carbonyl (C=O) groups is 1. The van der Waals surface area contributed by atoms with E-state index in [2.05, 4.69) is 9.97 Å². The molecule has 1 aliphatic carbocycles. The minimum Gasteiger partial charge on any atom is -0.481 e. The molecule has 7 heteroatoms. The number of hydrogen-bond donors (Lipinski definition) is 1. The topological polar surface area (TPSA) is 75.4 Å². The van der Waals surface area contributed by atoms with Crippen molar-refractivity contribution in [2.45, 2.75) is 18.9 Å². The van der Waals surface area contributed by atoms with Crippen LogP contribution in [0.15, 0.2) is 108 Å². The van der Waals surface area contributed by atoms with Gasteiger partial charge in [0.05, 0.1) is 35.1 Å². The van der Waals surface area contributed by atoms with Crippen LogP contribution in [0.2, 0.25) is 0 Å². The van der Waals surface area contributed by atoms with Crippen LogP contribution in [0.3, 0.4) is 0 Å². The number of carboxylic acid groups (broad SMARTS) is 1. The van der Waals surface area contributed by atoms with Gasteiger partial charge in [0.1, 0.15) is 5.82 Å². The van der Waals surface area contributed by atoms with Crippen molar-refractivity contribution in [2.24, 2.45) is 10.4 Å². The Morgan fingerprint density at radius 1 is 0.946 bits per heavy atom. The quantitative estimate of drug-likeness (QED) is 0.256. The lowest BCUT2D eigenvalue weighted by Crippen LogP contribution is -2.31. The molecule has 0 saturated heterocycles. The molecule has 5 rings (SSSR count). The van der Waals surface area contributed by atoms with Crippen LogP contribution in [0.5, 0.6) is 0 Å². The summed E-state index contributed by atoms with van der Waals surface area (Å²) in [6.07, 6.45) is 5.83. The van der Waals surface area contributed by atoms with Gasteiger partial charge in [0.25, 0.3) is 0 Å². The fraction of sp³-hybridized carbons (Fsp3) is 0.133. The molecule has 184 valence electrons. The molecule has 0 spiro atoms. The van der Waals surface area contributed by atoms with Crippen molar-refractivity contribution in [3.8, 4) is 11.4 Å². The molecule has 0 unspecified atom stereocenters. The highest BCUT2D eigenvalue weighted by Gasteiger charge is 2.42. The lowest BCUT2D eigenvalue weighted by Gasteiger charge is -2.24. The summed E-state index contributed by atoms with van der Waals surface area (Å²) in [6, 6.07) is 23.5. The molecule has 1 heterocycles. The van der Waals surface area contributed by atoms with Gasteiger partial charge in [0.15, 0.2) is 11.6 Å². The average Bonchev–Trinajstić information content (AvgIpc) is 3.34. The van der Waals surface area contributed by atoms with Gasteiger partial charge in [-0.1, -0.05) is 78.9 Å². The average molecular weight is 496 g/mol. The summed E-state index contributed by atoms with van der Waals surface area (Å²) in [5.74, 6) is -2.14. The fourth-order valence-corrected chi connectivity index (χ4v) is 4.60. The van der Waals surface area contributed by atoms with Crippen molar-refractivity contribution in [1.82, 2.24) is 9.97 Å². The maximum absolute atomic E-state index is 14.5. The first-order valence-corrected chi connectivity index (χ1v) is 11.8. The zero-order valence-corrected chi connectivity index (χ0v) is 19.8. The Bertz CT molecular complexity index is 1430. The van der Waals surface area contributed by atoms with Crippen LogP contribution in [0.1, 0.15) is 23.1 Å². The summed E-state index contributed by atoms with van der Waals surface area (Å²) in [4.78, 5) is 25.2. The van der Waals surface area contributed by atoms with E-state index in [0.717, 1.165) is 29.2 Å². The molecule has 1 aromatic heterocycles. The minimum absolute atomic E-state index is 0.0323. The molecule has 0 aliphatic heterocycles. The van der Waals surface area contributed by atoms with Crippen LogP contribution >= 0.6 is 0 Å². The highest BCUT2D eigenvalue weighted by molar-refractivity contribution is 6.13. The molecule has 3 aromatic carbocycles. The first-order valence-electron chi connectivity index (χ1n) is 11.8. The molecule has 0 amide bonds. The molecule has 4 aromatic rings. The number of hydrogen-bond acceptors (Lipinski definition) is 4. The van der Waals surface area contributed by atoms with E-state index < -0.39 is 23.0 Å². The van der Waals surface area contributed by atoms with E-state index in [1.54, 1.807) is 12.1 Å². The number of benzene rings is 3. The van der Waals surface area contributed by atoms with Crippen LogP contribution in [-0.2, 0) is 11.2 Å². The van der Waals surface area contributed by atoms with E-state index >= 15 is 0 Å². The Kier molecular flexibility index (Phi) is 6.68. The van der Waals surface area contributed by atoms with Crippen LogP contribution in [0, 0.1) is 17.0 Å². The molecule has 37 heavy (non-hydrogen) atoms.